The van der Waals surface area contributed by atoms with Crippen molar-refractivity contribution in [2.24, 2.45) is 0 Å². The Kier molecular flexibility index (Phi) is 7.56. The van der Waals surface area contributed by atoms with Crippen molar-refractivity contribution in [2.75, 3.05) is 0 Å². The van der Waals surface area contributed by atoms with Crippen LogP contribution in [0.4, 0.5) is 0 Å². The lowest BCUT2D eigenvalue weighted by atomic mass is 9.84. The van der Waals surface area contributed by atoms with Crippen molar-refractivity contribution >= 4 is 15.9 Å². The van der Waals surface area contributed by atoms with Crippen LogP contribution >= 0.6 is 15.9 Å². The summed E-state index contributed by atoms with van der Waals surface area (Å²) in [7, 11) is 0. The summed E-state index contributed by atoms with van der Waals surface area (Å²) in [6.45, 7) is 0. The molecule has 0 saturated heterocycles. The molecule has 204 valence electrons. The largest absolute Gasteiger partial charge is 0.0622 e. The van der Waals surface area contributed by atoms with E-state index in [-0.39, 0.29) is 0 Å². The standard InChI is InChI=1S/C42H29Br/c43-42-29-40(37-26-14-11-23-34(37)31-18-6-2-7-19-31)39(36-25-13-10-22-33(36)30-16-4-1-5-17-30)28-41(42)38-27-15-12-24-35(38)32-20-8-3-9-21-32/h1-29H. The van der Waals surface area contributed by atoms with Gasteiger partial charge in [0.2, 0.25) is 0 Å². The number of hydrogen-bond donors (Lipinski definition) is 0. The molecular formula is C42H29Br. The summed E-state index contributed by atoms with van der Waals surface area (Å²) in [4.78, 5) is 0. The predicted octanol–water partition coefficient (Wildman–Crippen LogP) is 12.5. The van der Waals surface area contributed by atoms with E-state index in [0.717, 1.165) is 4.47 Å². The van der Waals surface area contributed by atoms with Gasteiger partial charge in [-0.3, -0.25) is 0 Å². The van der Waals surface area contributed by atoms with E-state index >= 15 is 0 Å². The molecule has 0 aliphatic rings. The summed E-state index contributed by atoms with van der Waals surface area (Å²) in [5, 5.41) is 0. The highest BCUT2D eigenvalue weighted by atomic mass is 79.9. The molecule has 0 heterocycles. The zero-order valence-corrected chi connectivity index (χ0v) is 25.2. The molecule has 0 amide bonds. The fraction of sp³-hybridized carbons (Fsp3) is 0. The van der Waals surface area contributed by atoms with Crippen LogP contribution in [0.25, 0.3) is 66.8 Å². The molecule has 1 heteroatoms. The van der Waals surface area contributed by atoms with Gasteiger partial charge in [0.15, 0.2) is 0 Å². The van der Waals surface area contributed by atoms with Gasteiger partial charge in [0.1, 0.15) is 0 Å². The summed E-state index contributed by atoms with van der Waals surface area (Å²) in [6, 6.07) is 62.9. The maximum Gasteiger partial charge on any atom is 0.0260 e. The molecule has 0 N–H and O–H groups in total. The van der Waals surface area contributed by atoms with E-state index in [0.29, 0.717) is 0 Å². The topological polar surface area (TPSA) is 0 Å². The van der Waals surface area contributed by atoms with E-state index in [1.807, 2.05) is 0 Å². The third kappa shape index (κ3) is 5.36. The Bertz CT molecular complexity index is 2010. The minimum absolute atomic E-state index is 1.06. The molecule has 0 aliphatic heterocycles. The number of hydrogen-bond acceptors (Lipinski definition) is 0. The monoisotopic (exact) mass is 612 g/mol. The van der Waals surface area contributed by atoms with Crippen LogP contribution in [0, 0.1) is 0 Å². The summed E-state index contributed by atoms with van der Waals surface area (Å²) >= 11 is 4.04. The third-order valence-electron chi connectivity index (χ3n) is 8.01. The van der Waals surface area contributed by atoms with Crippen LogP contribution in [0.2, 0.25) is 0 Å². The van der Waals surface area contributed by atoms with Crippen molar-refractivity contribution in [3.63, 3.8) is 0 Å². The molecule has 43 heavy (non-hydrogen) atoms. The van der Waals surface area contributed by atoms with Crippen LogP contribution in [0.15, 0.2) is 180 Å². The SMILES string of the molecule is Brc1cc(-c2ccccc2-c2ccccc2)c(-c2ccccc2-c2ccccc2)cc1-c1ccccc1-c1ccccc1. The van der Waals surface area contributed by atoms with Crippen molar-refractivity contribution in [3.05, 3.63) is 180 Å². The maximum atomic E-state index is 4.04. The summed E-state index contributed by atoms with van der Waals surface area (Å²) < 4.78 is 1.06. The van der Waals surface area contributed by atoms with Gasteiger partial charge in [-0.25, -0.2) is 0 Å². The lowest BCUT2D eigenvalue weighted by Gasteiger charge is -2.21. The van der Waals surface area contributed by atoms with Crippen LogP contribution in [0.3, 0.4) is 0 Å². The van der Waals surface area contributed by atoms with E-state index < -0.39 is 0 Å². The van der Waals surface area contributed by atoms with Gasteiger partial charge in [-0.1, -0.05) is 180 Å². The van der Waals surface area contributed by atoms with E-state index in [1.54, 1.807) is 0 Å². The van der Waals surface area contributed by atoms with Crippen LogP contribution < -0.4 is 0 Å². The third-order valence-corrected chi connectivity index (χ3v) is 8.67. The molecule has 0 saturated carbocycles. The predicted molar refractivity (Wildman–Crippen MR) is 187 cm³/mol. The van der Waals surface area contributed by atoms with Crippen molar-refractivity contribution in [3.8, 4) is 66.8 Å². The molecule has 7 aromatic carbocycles. The number of rotatable bonds is 6. The molecule has 0 aromatic heterocycles. The van der Waals surface area contributed by atoms with Gasteiger partial charge in [-0.15, -0.1) is 0 Å². The van der Waals surface area contributed by atoms with Crippen molar-refractivity contribution < 1.29 is 0 Å². The molecule has 0 aliphatic carbocycles. The Morgan fingerprint density at radius 3 is 0.884 bits per heavy atom. The Morgan fingerprint density at radius 1 is 0.233 bits per heavy atom. The summed E-state index contributed by atoms with van der Waals surface area (Å²) in [6.07, 6.45) is 0. The second-order valence-corrected chi connectivity index (χ2v) is 11.5. The second-order valence-electron chi connectivity index (χ2n) is 10.6. The van der Waals surface area contributed by atoms with Crippen LogP contribution in [0.5, 0.6) is 0 Å². The highest BCUT2D eigenvalue weighted by Gasteiger charge is 2.20. The molecule has 0 bridgehead atoms. The minimum atomic E-state index is 1.06. The van der Waals surface area contributed by atoms with Crippen molar-refractivity contribution in [1.82, 2.24) is 0 Å². The number of benzene rings is 7. The molecule has 0 unspecified atom stereocenters. The van der Waals surface area contributed by atoms with Gasteiger partial charge in [-0.2, -0.15) is 0 Å². The molecule has 0 fully saturated rings. The molecule has 0 atom stereocenters. The first-order valence-electron chi connectivity index (χ1n) is 14.6. The zero-order valence-electron chi connectivity index (χ0n) is 23.6. The van der Waals surface area contributed by atoms with Gasteiger partial charge < -0.3 is 0 Å². The van der Waals surface area contributed by atoms with E-state index in [1.165, 1.54) is 66.8 Å². The molecule has 0 nitrogen and oxygen atoms in total. The van der Waals surface area contributed by atoms with Gasteiger partial charge in [-0.05, 0) is 78.9 Å². The lowest BCUT2D eigenvalue weighted by molar-refractivity contribution is 1.52. The molecular weight excluding hydrogens is 584 g/mol. The fourth-order valence-corrected chi connectivity index (χ4v) is 6.54. The minimum Gasteiger partial charge on any atom is -0.0622 e. The fourth-order valence-electron chi connectivity index (χ4n) is 5.99. The van der Waals surface area contributed by atoms with Crippen LogP contribution in [-0.2, 0) is 0 Å². The Balaban J connectivity index is 1.53. The molecule has 0 radical (unpaired) electrons. The first-order valence-corrected chi connectivity index (χ1v) is 15.4. The zero-order chi connectivity index (χ0) is 29.0. The molecule has 7 aromatic rings. The highest BCUT2D eigenvalue weighted by molar-refractivity contribution is 9.10. The van der Waals surface area contributed by atoms with E-state index in [9.17, 15) is 0 Å². The first kappa shape index (κ1) is 26.9. The average Bonchev–Trinajstić information content (AvgIpc) is 3.09. The molecule has 7 rings (SSSR count). The normalized spacial score (nSPS) is 10.9. The van der Waals surface area contributed by atoms with E-state index in [4.69, 9.17) is 0 Å². The van der Waals surface area contributed by atoms with Gasteiger partial charge >= 0.3 is 0 Å². The Labute approximate surface area is 262 Å². The quantitative estimate of drug-likeness (QED) is 0.175. The van der Waals surface area contributed by atoms with Gasteiger partial charge in [0.25, 0.3) is 0 Å². The summed E-state index contributed by atoms with van der Waals surface area (Å²) in [5.74, 6) is 0. The highest BCUT2D eigenvalue weighted by Crippen LogP contribution is 2.46. The van der Waals surface area contributed by atoms with Crippen LogP contribution in [-0.4, -0.2) is 0 Å². The average molecular weight is 614 g/mol. The van der Waals surface area contributed by atoms with Gasteiger partial charge in [0, 0.05) is 4.47 Å². The smallest absolute Gasteiger partial charge is 0.0260 e. The Morgan fingerprint density at radius 2 is 0.512 bits per heavy atom. The van der Waals surface area contributed by atoms with Gasteiger partial charge in [0.05, 0.1) is 0 Å². The van der Waals surface area contributed by atoms with Crippen molar-refractivity contribution in [2.45, 2.75) is 0 Å². The second kappa shape index (κ2) is 12.1. The molecule has 0 spiro atoms. The van der Waals surface area contributed by atoms with Crippen molar-refractivity contribution in [1.29, 1.82) is 0 Å². The number of halogens is 1. The van der Waals surface area contributed by atoms with Crippen LogP contribution in [0.1, 0.15) is 0 Å². The maximum absolute atomic E-state index is 4.04. The summed E-state index contributed by atoms with van der Waals surface area (Å²) in [5.41, 5.74) is 14.4. The first-order chi connectivity index (χ1) is 21.3. The Hall–Kier alpha value is -4.98. The van der Waals surface area contributed by atoms with E-state index in [2.05, 4.69) is 192 Å². The lowest BCUT2D eigenvalue weighted by Crippen LogP contribution is -1.94.